The predicted molar refractivity (Wildman–Crippen MR) is 75.3 cm³/mol. The molecule has 2 aliphatic rings. The number of H-pyrrole nitrogens is 1. The zero-order chi connectivity index (χ0) is 13.6. The van der Waals surface area contributed by atoms with Gasteiger partial charge in [0.25, 0.3) is 0 Å². The molecule has 1 spiro atoms. The molecular formula is C16H19NO3. The first-order valence-corrected chi connectivity index (χ1v) is 7.28. The topological polar surface area (TPSA) is 54.5 Å². The van der Waals surface area contributed by atoms with Crippen molar-refractivity contribution in [2.45, 2.75) is 37.1 Å². The van der Waals surface area contributed by atoms with E-state index in [1.54, 1.807) is 0 Å². The van der Waals surface area contributed by atoms with Crippen LogP contribution >= 0.6 is 0 Å². The quantitative estimate of drug-likeness (QED) is 0.840. The van der Waals surface area contributed by atoms with Crippen LogP contribution in [0.5, 0.6) is 0 Å². The molecule has 1 aromatic heterocycles. The number of fused-ring (bicyclic) bond motifs is 1. The predicted octanol–water partition coefficient (Wildman–Crippen LogP) is 2.67. The number of rotatable bonds is 1. The molecule has 0 atom stereocenters. The molecule has 4 heteroatoms. The summed E-state index contributed by atoms with van der Waals surface area (Å²) in [5, 5.41) is 12.2. The van der Waals surface area contributed by atoms with Crippen LogP contribution in [0.2, 0.25) is 0 Å². The van der Waals surface area contributed by atoms with Crippen LogP contribution in [0.25, 0.3) is 10.9 Å². The van der Waals surface area contributed by atoms with Crippen molar-refractivity contribution in [2.24, 2.45) is 0 Å². The van der Waals surface area contributed by atoms with E-state index in [0.717, 1.165) is 29.3 Å². The lowest BCUT2D eigenvalue weighted by molar-refractivity contribution is -0.204. The Labute approximate surface area is 117 Å². The normalized spacial score (nSPS) is 24.4. The molecule has 0 amide bonds. The van der Waals surface area contributed by atoms with E-state index in [4.69, 9.17) is 9.47 Å². The number of hydrogen-bond donors (Lipinski definition) is 2. The van der Waals surface area contributed by atoms with E-state index < -0.39 is 11.4 Å². The molecule has 2 N–H and O–H groups in total. The van der Waals surface area contributed by atoms with Gasteiger partial charge in [0.15, 0.2) is 5.79 Å². The van der Waals surface area contributed by atoms with Crippen molar-refractivity contribution >= 4 is 10.9 Å². The number of nitrogens with one attached hydrogen (secondary N) is 1. The molecule has 0 radical (unpaired) electrons. The summed E-state index contributed by atoms with van der Waals surface area (Å²) in [5.41, 5.74) is 1.32. The highest BCUT2D eigenvalue weighted by molar-refractivity contribution is 5.83. The van der Waals surface area contributed by atoms with Gasteiger partial charge in [-0.2, -0.15) is 0 Å². The smallest absolute Gasteiger partial charge is 0.168 e. The zero-order valence-electron chi connectivity index (χ0n) is 11.4. The molecule has 0 bridgehead atoms. The van der Waals surface area contributed by atoms with Gasteiger partial charge in [0.05, 0.1) is 18.8 Å². The summed E-state index contributed by atoms with van der Waals surface area (Å²) in [6.07, 6.45) is 4.79. The second-order valence-electron chi connectivity index (χ2n) is 5.88. The van der Waals surface area contributed by atoms with Crippen molar-refractivity contribution in [3.63, 3.8) is 0 Å². The van der Waals surface area contributed by atoms with Crippen LogP contribution in [0.3, 0.4) is 0 Å². The second kappa shape index (κ2) is 4.32. The van der Waals surface area contributed by atoms with Gasteiger partial charge >= 0.3 is 0 Å². The Morgan fingerprint density at radius 2 is 1.75 bits per heavy atom. The Balaban J connectivity index is 1.66. The largest absolute Gasteiger partial charge is 0.385 e. The highest BCUT2D eigenvalue weighted by Gasteiger charge is 2.46. The van der Waals surface area contributed by atoms with Gasteiger partial charge in [-0.1, -0.05) is 12.1 Å². The summed E-state index contributed by atoms with van der Waals surface area (Å²) < 4.78 is 11.5. The average Bonchev–Trinajstić information content (AvgIpc) is 3.12. The number of hydrogen-bond acceptors (Lipinski definition) is 3. The van der Waals surface area contributed by atoms with E-state index in [2.05, 4.69) is 4.98 Å². The molecule has 1 saturated carbocycles. The van der Waals surface area contributed by atoms with Crippen molar-refractivity contribution in [2.75, 3.05) is 13.2 Å². The fraction of sp³-hybridized carbons (Fsp3) is 0.500. The maximum atomic E-state index is 11.1. The van der Waals surface area contributed by atoms with E-state index in [-0.39, 0.29) is 0 Å². The minimum Gasteiger partial charge on any atom is -0.385 e. The summed E-state index contributed by atoms with van der Waals surface area (Å²) in [4.78, 5) is 3.20. The van der Waals surface area contributed by atoms with Crippen LogP contribution < -0.4 is 0 Å². The van der Waals surface area contributed by atoms with Crippen LogP contribution in [0, 0.1) is 0 Å². The number of aromatic amines is 1. The highest BCUT2D eigenvalue weighted by Crippen LogP contribution is 2.46. The van der Waals surface area contributed by atoms with E-state index in [1.807, 2.05) is 30.5 Å². The first-order valence-electron chi connectivity index (χ1n) is 7.28. The Hall–Kier alpha value is -1.36. The van der Waals surface area contributed by atoms with Crippen molar-refractivity contribution in [1.82, 2.24) is 4.98 Å². The Kier molecular flexibility index (Phi) is 2.67. The van der Waals surface area contributed by atoms with Gasteiger partial charge in [0, 0.05) is 29.9 Å². The molecule has 4 rings (SSSR count). The van der Waals surface area contributed by atoms with Crippen LogP contribution in [-0.4, -0.2) is 29.1 Å². The van der Waals surface area contributed by atoms with Gasteiger partial charge in [-0.3, -0.25) is 0 Å². The van der Waals surface area contributed by atoms with Gasteiger partial charge in [-0.15, -0.1) is 0 Å². The van der Waals surface area contributed by atoms with Crippen molar-refractivity contribution in [3.8, 4) is 0 Å². The fourth-order valence-electron chi connectivity index (χ4n) is 3.59. The molecule has 1 aromatic carbocycles. The average molecular weight is 273 g/mol. The molecule has 4 nitrogen and oxygen atoms in total. The molecule has 20 heavy (non-hydrogen) atoms. The van der Waals surface area contributed by atoms with E-state index in [9.17, 15) is 5.11 Å². The third kappa shape index (κ3) is 1.79. The SMILES string of the molecule is OC1(c2cccc3[nH]ccc23)CCC2(CC1)OCCO2. The summed E-state index contributed by atoms with van der Waals surface area (Å²) in [6, 6.07) is 8.11. The first kappa shape index (κ1) is 12.4. The molecule has 0 unspecified atom stereocenters. The molecule has 106 valence electrons. The van der Waals surface area contributed by atoms with Gasteiger partial charge in [0.2, 0.25) is 0 Å². The number of benzene rings is 1. The van der Waals surface area contributed by atoms with Crippen LogP contribution in [0.15, 0.2) is 30.5 Å². The second-order valence-corrected chi connectivity index (χ2v) is 5.88. The van der Waals surface area contributed by atoms with Crippen molar-refractivity contribution in [1.29, 1.82) is 0 Å². The minimum absolute atomic E-state index is 0.432. The van der Waals surface area contributed by atoms with Crippen LogP contribution in [-0.2, 0) is 15.1 Å². The zero-order valence-corrected chi connectivity index (χ0v) is 11.4. The summed E-state index contributed by atoms with van der Waals surface area (Å²) in [7, 11) is 0. The lowest BCUT2D eigenvalue weighted by Crippen LogP contribution is -2.42. The van der Waals surface area contributed by atoms with Crippen molar-refractivity contribution < 1.29 is 14.6 Å². The van der Waals surface area contributed by atoms with Gasteiger partial charge in [0.1, 0.15) is 0 Å². The molecule has 2 aromatic rings. The lowest BCUT2D eigenvalue weighted by Gasteiger charge is -2.41. The molecular weight excluding hydrogens is 254 g/mol. The fourth-order valence-corrected chi connectivity index (χ4v) is 3.59. The number of aliphatic hydroxyl groups is 1. The number of aromatic nitrogens is 1. The molecule has 1 aliphatic carbocycles. The lowest BCUT2D eigenvalue weighted by atomic mass is 9.76. The third-order valence-electron chi connectivity index (χ3n) is 4.75. The van der Waals surface area contributed by atoms with Crippen LogP contribution in [0.1, 0.15) is 31.2 Å². The standard InChI is InChI=1S/C16H19NO3/c18-15(5-7-16(8-6-15)19-10-11-20-16)13-2-1-3-14-12(13)4-9-17-14/h1-4,9,17-18H,5-8,10-11H2. The maximum absolute atomic E-state index is 11.1. The van der Waals surface area contributed by atoms with Gasteiger partial charge < -0.3 is 19.6 Å². The molecule has 2 fully saturated rings. The Bertz CT molecular complexity index is 617. The highest BCUT2D eigenvalue weighted by atomic mass is 16.7. The summed E-state index contributed by atoms with van der Waals surface area (Å²) in [6.45, 7) is 1.34. The summed E-state index contributed by atoms with van der Waals surface area (Å²) >= 11 is 0. The molecule has 1 saturated heterocycles. The van der Waals surface area contributed by atoms with E-state index >= 15 is 0 Å². The number of ether oxygens (including phenoxy) is 2. The van der Waals surface area contributed by atoms with Gasteiger partial charge in [-0.05, 0) is 30.5 Å². The Morgan fingerprint density at radius 3 is 2.50 bits per heavy atom. The Morgan fingerprint density at radius 1 is 1.00 bits per heavy atom. The third-order valence-corrected chi connectivity index (χ3v) is 4.75. The van der Waals surface area contributed by atoms with Crippen LogP contribution in [0.4, 0.5) is 0 Å². The maximum Gasteiger partial charge on any atom is 0.168 e. The molecule has 2 heterocycles. The van der Waals surface area contributed by atoms with E-state index in [1.165, 1.54) is 0 Å². The first-order chi connectivity index (χ1) is 9.71. The summed E-state index contributed by atoms with van der Waals surface area (Å²) in [5.74, 6) is -0.432. The monoisotopic (exact) mass is 273 g/mol. The van der Waals surface area contributed by atoms with E-state index in [0.29, 0.717) is 26.1 Å². The van der Waals surface area contributed by atoms with Gasteiger partial charge in [-0.25, -0.2) is 0 Å². The molecule has 1 aliphatic heterocycles. The van der Waals surface area contributed by atoms with Crippen molar-refractivity contribution in [3.05, 3.63) is 36.0 Å². The minimum atomic E-state index is -0.776.